The summed E-state index contributed by atoms with van der Waals surface area (Å²) in [4.78, 5) is 1.23. The molecule has 112 valence electrons. The van der Waals surface area contributed by atoms with Crippen molar-refractivity contribution in [2.45, 2.75) is 11.4 Å². The van der Waals surface area contributed by atoms with Crippen LogP contribution in [0.25, 0.3) is 0 Å². The molecule has 0 heterocycles. The summed E-state index contributed by atoms with van der Waals surface area (Å²) in [5.74, 6) is 0.959. The molecule has 4 heteroatoms. The second kappa shape index (κ2) is 9.85. The predicted molar refractivity (Wildman–Crippen MR) is 91.1 cm³/mol. The lowest BCUT2D eigenvalue weighted by atomic mass is 10.2. The first-order chi connectivity index (χ1) is 10.3. The minimum Gasteiger partial charge on any atom is -0.379 e. The summed E-state index contributed by atoms with van der Waals surface area (Å²) >= 11 is 7.63. The van der Waals surface area contributed by atoms with Crippen LogP contribution in [0.2, 0.25) is 5.02 Å². The van der Waals surface area contributed by atoms with Gasteiger partial charge in [0.25, 0.3) is 0 Å². The fourth-order valence-corrected chi connectivity index (χ4v) is 2.72. The lowest BCUT2D eigenvalue weighted by molar-refractivity contribution is 0.151. The minimum atomic E-state index is 0.744. The zero-order valence-electron chi connectivity index (χ0n) is 11.9. The zero-order chi connectivity index (χ0) is 14.8. The average molecular weight is 322 g/mol. The molecule has 0 aliphatic heterocycles. The Balaban J connectivity index is 1.46. The van der Waals surface area contributed by atoms with Gasteiger partial charge in [0.1, 0.15) is 0 Å². The van der Waals surface area contributed by atoms with Gasteiger partial charge in [-0.15, -0.1) is 11.8 Å². The molecule has 21 heavy (non-hydrogen) atoms. The van der Waals surface area contributed by atoms with E-state index in [1.807, 2.05) is 30.3 Å². The monoisotopic (exact) mass is 321 g/mol. The van der Waals surface area contributed by atoms with E-state index < -0.39 is 0 Å². The summed E-state index contributed by atoms with van der Waals surface area (Å²) in [6.07, 6.45) is 0. The molecular weight excluding hydrogens is 302 g/mol. The number of halogens is 1. The van der Waals surface area contributed by atoms with Crippen LogP contribution in [-0.2, 0) is 11.3 Å². The molecule has 0 radical (unpaired) electrons. The quantitative estimate of drug-likeness (QED) is 0.551. The van der Waals surface area contributed by atoms with Crippen LogP contribution in [0.5, 0.6) is 0 Å². The molecule has 2 rings (SSSR count). The molecule has 2 aromatic rings. The first-order valence-electron chi connectivity index (χ1n) is 7.05. The number of hydrogen-bond acceptors (Lipinski definition) is 3. The van der Waals surface area contributed by atoms with Crippen molar-refractivity contribution in [2.75, 3.05) is 25.5 Å². The minimum absolute atomic E-state index is 0.744. The van der Waals surface area contributed by atoms with Crippen molar-refractivity contribution in [3.05, 3.63) is 65.2 Å². The molecule has 0 saturated heterocycles. The summed E-state index contributed by atoms with van der Waals surface area (Å²) in [5.41, 5.74) is 1.30. The third-order valence-corrected chi connectivity index (χ3v) is 4.13. The summed E-state index contributed by atoms with van der Waals surface area (Å²) in [6, 6.07) is 18.3. The first kappa shape index (κ1) is 16.4. The van der Waals surface area contributed by atoms with Crippen molar-refractivity contribution in [2.24, 2.45) is 0 Å². The normalized spacial score (nSPS) is 10.7. The van der Waals surface area contributed by atoms with Gasteiger partial charge >= 0.3 is 0 Å². The molecular formula is C17H20ClNOS. The largest absolute Gasteiger partial charge is 0.379 e. The van der Waals surface area contributed by atoms with Crippen LogP contribution in [0.1, 0.15) is 5.56 Å². The van der Waals surface area contributed by atoms with Crippen LogP contribution in [0.4, 0.5) is 0 Å². The smallest absolute Gasteiger partial charge is 0.0591 e. The Morgan fingerprint density at radius 2 is 1.71 bits per heavy atom. The fourth-order valence-electron chi connectivity index (χ4n) is 1.82. The van der Waals surface area contributed by atoms with Gasteiger partial charge in [0.05, 0.1) is 13.2 Å². The number of nitrogens with one attached hydrogen (secondary N) is 1. The SMILES string of the molecule is Clc1ccc(SCCOCCNCc2ccccc2)cc1. The van der Waals surface area contributed by atoms with Crippen molar-refractivity contribution in [1.29, 1.82) is 0 Å². The van der Waals surface area contributed by atoms with Gasteiger partial charge in [-0.2, -0.15) is 0 Å². The van der Waals surface area contributed by atoms with E-state index in [9.17, 15) is 0 Å². The lowest BCUT2D eigenvalue weighted by Gasteiger charge is -2.06. The maximum absolute atomic E-state index is 5.85. The van der Waals surface area contributed by atoms with E-state index in [4.69, 9.17) is 16.3 Å². The molecule has 0 spiro atoms. The molecule has 2 nitrogen and oxygen atoms in total. The van der Waals surface area contributed by atoms with Gasteiger partial charge in [-0.25, -0.2) is 0 Å². The molecule has 0 amide bonds. The Morgan fingerprint density at radius 3 is 2.48 bits per heavy atom. The van der Waals surface area contributed by atoms with Crippen LogP contribution in [-0.4, -0.2) is 25.5 Å². The highest BCUT2D eigenvalue weighted by molar-refractivity contribution is 7.99. The Morgan fingerprint density at radius 1 is 0.952 bits per heavy atom. The van der Waals surface area contributed by atoms with Gasteiger partial charge in [-0.1, -0.05) is 41.9 Å². The van der Waals surface area contributed by atoms with E-state index in [1.54, 1.807) is 11.8 Å². The molecule has 1 N–H and O–H groups in total. The molecule has 0 aromatic heterocycles. The second-order valence-electron chi connectivity index (χ2n) is 4.58. The number of thioether (sulfide) groups is 1. The second-order valence-corrected chi connectivity index (χ2v) is 6.18. The van der Waals surface area contributed by atoms with Crippen LogP contribution in [0, 0.1) is 0 Å². The Kier molecular flexibility index (Phi) is 7.68. The van der Waals surface area contributed by atoms with Crippen molar-refractivity contribution in [3.63, 3.8) is 0 Å². The van der Waals surface area contributed by atoms with Crippen molar-refractivity contribution < 1.29 is 4.74 Å². The number of benzene rings is 2. The summed E-state index contributed by atoms with van der Waals surface area (Å²) in [7, 11) is 0. The topological polar surface area (TPSA) is 21.3 Å². The predicted octanol–water partition coefficient (Wildman–Crippen LogP) is 4.24. The zero-order valence-corrected chi connectivity index (χ0v) is 13.5. The number of rotatable bonds is 9. The summed E-state index contributed by atoms with van der Waals surface area (Å²) < 4.78 is 5.61. The maximum atomic E-state index is 5.85. The van der Waals surface area contributed by atoms with Crippen LogP contribution >= 0.6 is 23.4 Å². The maximum Gasteiger partial charge on any atom is 0.0591 e. The molecule has 0 aliphatic carbocycles. The lowest BCUT2D eigenvalue weighted by Crippen LogP contribution is -2.19. The highest BCUT2D eigenvalue weighted by Crippen LogP contribution is 2.19. The van der Waals surface area contributed by atoms with Crippen LogP contribution in [0.3, 0.4) is 0 Å². The molecule has 2 aromatic carbocycles. The van der Waals surface area contributed by atoms with Crippen molar-refractivity contribution in [3.8, 4) is 0 Å². The average Bonchev–Trinajstić information content (AvgIpc) is 2.53. The van der Waals surface area contributed by atoms with Crippen LogP contribution in [0.15, 0.2) is 59.5 Å². The fraction of sp³-hybridized carbons (Fsp3) is 0.294. The van der Waals surface area contributed by atoms with E-state index in [0.29, 0.717) is 0 Å². The van der Waals surface area contributed by atoms with Gasteiger partial charge in [-0.05, 0) is 29.8 Å². The van der Waals surface area contributed by atoms with Gasteiger partial charge in [0.2, 0.25) is 0 Å². The third kappa shape index (κ3) is 7.00. The summed E-state index contributed by atoms with van der Waals surface area (Å²) in [5, 5.41) is 4.15. The molecule has 0 atom stereocenters. The van der Waals surface area contributed by atoms with E-state index in [-0.39, 0.29) is 0 Å². The van der Waals surface area contributed by atoms with Gasteiger partial charge in [0.15, 0.2) is 0 Å². The van der Waals surface area contributed by atoms with E-state index in [0.717, 1.165) is 37.1 Å². The molecule has 0 bridgehead atoms. The molecule has 0 unspecified atom stereocenters. The van der Waals surface area contributed by atoms with Crippen molar-refractivity contribution >= 4 is 23.4 Å². The van der Waals surface area contributed by atoms with E-state index in [1.165, 1.54) is 10.5 Å². The molecule has 0 fully saturated rings. The van der Waals surface area contributed by atoms with Gasteiger partial charge < -0.3 is 10.1 Å². The van der Waals surface area contributed by atoms with Gasteiger partial charge in [0, 0.05) is 28.8 Å². The van der Waals surface area contributed by atoms with Crippen molar-refractivity contribution in [1.82, 2.24) is 5.32 Å². The van der Waals surface area contributed by atoms with E-state index in [2.05, 4.69) is 29.6 Å². The standard InChI is InChI=1S/C17H20ClNOS/c18-16-6-8-17(9-7-16)21-13-12-20-11-10-19-14-15-4-2-1-3-5-15/h1-9,19H,10-14H2. The highest BCUT2D eigenvalue weighted by atomic mass is 35.5. The Labute approximate surface area is 135 Å². The third-order valence-electron chi connectivity index (χ3n) is 2.91. The molecule has 0 saturated carbocycles. The Hall–Kier alpha value is -1.00. The number of hydrogen-bond donors (Lipinski definition) is 1. The van der Waals surface area contributed by atoms with Gasteiger partial charge in [-0.3, -0.25) is 0 Å². The van der Waals surface area contributed by atoms with E-state index >= 15 is 0 Å². The molecule has 0 aliphatic rings. The van der Waals surface area contributed by atoms with Crippen LogP contribution < -0.4 is 5.32 Å². The Bertz CT molecular complexity index is 504. The summed E-state index contributed by atoms with van der Waals surface area (Å²) in [6.45, 7) is 3.28. The highest BCUT2D eigenvalue weighted by Gasteiger charge is 1.95. The first-order valence-corrected chi connectivity index (χ1v) is 8.42. The number of ether oxygens (including phenoxy) is 1.